The van der Waals surface area contributed by atoms with Crippen LogP contribution in [0, 0.1) is 0 Å². The largest absolute Gasteiger partial charge is 0.388 e. The second kappa shape index (κ2) is 3.32. The Morgan fingerprint density at radius 3 is 2.80 bits per heavy atom. The molecule has 0 spiro atoms. The highest BCUT2D eigenvalue weighted by molar-refractivity contribution is 4.78. The van der Waals surface area contributed by atoms with Crippen LogP contribution in [0.2, 0.25) is 0 Å². The van der Waals surface area contributed by atoms with Gasteiger partial charge in [0.05, 0.1) is 12.2 Å². The molecular formula is C7H14O3. The van der Waals surface area contributed by atoms with E-state index in [-0.39, 0.29) is 12.2 Å². The predicted molar refractivity (Wildman–Crippen MR) is 36.8 cm³/mol. The average molecular weight is 146 g/mol. The molecule has 1 aliphatic heterocycles. The summed E-state index contributed by atoms with van der Waals surface area (Å²) < 4.78 is 10.2. The fourth-order valence-corrected chi connectivity index (χ4v) is 1.20. The van der Waals surface area contributed by atoms with Gasteiger partial charge < -0.3 is 14.6 Å². The summed E-state index contributed by atoms with van der Waals surface area (Å²) in [6, 6.07) is 0. The standard InChI is InChI=1S/C7H14O3/c1-5-7(8)6(9-2)3-4-10-5/h5-8H,3-4H2,1-2H3/t5-,6-,7-/m0/s1. The zero-order valence-corrected chi connectivity index (χ0v) is 6.41. The summed E-state index contributed by atoms with van der Waals surface area (Å²) in [5.41, 5.74) is 0. The molecule has 0 saturated carbocycles. The number of rotatable bonds is 1. The molecule has 0 amide bonds. The van der Waals surface area contributed by atoms with Gasteiger partial charge in [0.25, 0.3) is 0 Å². The highest BCUT2D eigenvalue weighted by Crippen LogP contribution is 2.16. The maximum absolute atomic E-state index is 9.39. The lowest BCUT2D eigenvalue weighted by Crippen LogP contribution is -2.43. The summed E-state index contributed by atoms with van der Waals surface area (Å²) in [5, 5.41) is 9.39. The first-order valence-electron chi connectivity index (χ1n) is 3.58. The van der Waals surface area contributed by atoms with Gasteiger partial charge in [-0.05, 0) is 13.3 Å². The van der Waals surface area contributed by atoms with Crippen molar-refractivity contribution in [3.05, 3.63) is 0 Å². The van der Waals surface area contributed by atoms with Gasteiger partial charge in [-0.25, -0.2) is 0 Å². The highest BCUT2D eigenvalue weighted by Gasteiger charge is 2.29. The molecule has 1 N–H and O–H groups in total. The lowest BCUT2D eigenvalue weighted by molar-refractivity contribution is -0.138. The molecule has 0 unspecified atom stereocenters. The van der Waals surface area contributed by atoms with E-state index < -0.39 is 6.10 Å². The average Bonchev–Trinajstić information content (AvgIpc) is 1.95. The third-order valence-electron chi connectivity index (χ3n) is 1.95. The number of aliphatic hydroxyl groups excluding tert-OH is 1. The van der Waals surface area contributed by atoms with Crippen molar-refractivity contribution in [1.82, 2.24) is 0 Å². The number of hydrogen-bond donors (Lipinski definition) is 1. The molecule has 1 saturated heterocycles. The van der Waals surface area contributed by atoms with Crippen LogP contribution >= 0.6 is 0 Å². The molecule has 1 fully saturated rings. The van der Waals surface area contributed by atoms with Crippen molar-refractivity contribution in [3.63, 3.8) is 0 Å². The first kappa shape index (κ1) is 7.98. The Balaban J connectivity index is 2.42. The molecule has 0 bridgehead atoms. The zero-order chi connectivity index (χ0) is 7.56. The lowest BCUT2D eigenvalue weighted by Gasteiger charge is -2.31. The minimum absolute atomic E-state index is 0.0382. The van der Waals surface area contributed by atoms with E-state index in [1.807, 2.05) is 6.92 Å². The normalized spacial score (nSPS) is 41.7. The van der Waals surface area contributed by atoms with Gasteiger partial charge in [0.2, 0.25) is 0 Å². The van der Waals surface area contributed by atoms with Gasteiger partial charge >= 0.3 is 0 Å². The minimum atomic E-state index is -0.459. The second-order valence-corrected chi connectivity index (χ2v) is 2.63. The van der Waals surface area contributed by atoms with Crippen LogP contribution in [0.3, 0.4) is 0 Å². The van der Waals surface area contributed by atoms with Crippen molar-refractivity contribution in [2.75, 3.05) is 13.7 Å². The number of ether oxygens (including phenoxy) is 2. The van der Waals surface area contributed by atoms with Crippen LogP contribution in [-0.4, -0.2) is 37.1 Å². The van der Waals surface area contributed by atoms with Crippen molar-refractivity contribution in [2.45, 2.75) is 31.7 Å². The highest BCUT2D eigenvalue weighted by atomic mass is 16.5. The van der Waals surface area contributed by atoms with E-state index in [9.17, 15) is 5.11 Å². The Morgan fingerprint density at radius 1 is 1.60 bits per heavy atom. The first-order valence-corrected chi connectivity index (χ1v) is 3.58. The molecule has 1 rings (SSSR count). The molecule has 0 aliphatic carbocycles. The fraction of sp³-hybridized carbons (Fsp3) is 1.00. The summed E-state index contributed by atoms with van der Waals surface area (Å²) in [6.07, 6.45) is 0.211. The van der Waals surface area contributed by atoms with Gasteiger partial charge in [-0.15, -0.1) is 0 Å². The van der Waals surface area contributed by atoms with E-state index in [1.165, 1.54) is 0 Å². The molecule has 0 aromatic carbocycles. The molecule has 0 radical (unpaired) electrons. The third kappa shape index (κ3) is 1.48. The monoisotopic (exact) mass is 146 g/mol. The molecule has 60 valence electrons. The van der Waals surface area contributed by atoms with Gasteiger partial charge in [-0.3, -0.25) is 0 Å². The Hall–Kier alpha value is -0.120. The quantitative estimate of drug-likeness (QED) is 0.573. The van der Waals surface area contributed by atoms with E-state index in [2.05, 4.69) is 0 Å². The predicted octanol–water partition coefficient (Wildman–Crippen LogP) is 0.171. The summed E-state index contributed by atoms with van der Waals surface area (Å²) in [6.45, 7) is 2.55. The van der Waals surface area contributed by atoms with Crippen LogP contribution in [0.15, 0.2) is 0 Å². The van der Waals surface area contributed by atoms with Gasteiger partial charge in [0.15, 0.2) is 0 Å². The first-order chi connectivity index (χ1) is 4.75. The summed E-state index contributed by atoms with van der Waals surface area (Å²) in [4.78, 5) is 0. The minimum Gasteiger partial charge on any atom is -0.388 e. The Kier molecular flexibility index (Phi) is 2.65. The van der Waals surface area contributed by atoms with Crippen LogP contribution in [0.5, 0.6) is 0 Å². The second-order valence-electron chi connectivity index (χ2n) is 2.63. The van der Waals surface area contributed by atoms with Crippen LogP contribution in [0.1, 0.15) is 13.3 Å². The van der Waals surface area contributed by atoms with E-state index in [1.54, 1.807) is 7.11 Å². The fourth-order valence-electron chi connectivity index (χ4n) is 1.20. The van der Waals surface area contributed by atoms with Crippen LogP contribution < -0.4 is 0 Å². The third-order valence-corrected chi connectivity index (χ3v) is 1.95. The van der Waals surface area contributed by atoms with Crippen molar-refractivity contribution in [3.8, 4) is 0 Å². The molecule has 0 aromatic rings. The van der Waals surface area contributed by atoms with Crippen LogP contribution in [0.25, 0.3) is 0 Å². The molecule has 3 heteroatoms. The van der Waals surface area contributed by atoms with Gasteiger partial charge in [0.1, 0.15) is 6.10 Å². The molecule has 3 atom stereocenters. The van der Waals surface area contributed by atoms with E-state index in [0.29, 0.717) is 6.61 Å². The summed E-state index contributed by atoms with van der Waals surface area (Å²) >= 11 is 0. The maximum Gasteiger partial charge on any atom is 0.106 e. The maximum atomic E-state index is 9.39. The van der Waals surface area contributed by atoms with Gasteiger partial charge in [-0.2, -0.15) is 0 Å². The van der Waals surface area contributed by atoms with Gasteiger partial charge in [-0.1, -0.05) is 0 Å². The molecule has 1 aliphatic rings. The molecule has 3 nitrogen and oxygen atoms in total. The Bertz CT molecular complexity index is 105. The number of methoxy groups -OCH3 is 1. The van der Waals surface area contributed by atoms with Crippen molar-refractivity contribution in [1.29, 1.82) is 0 Å². The topological polar surface area (TPSA) is 38.7 Å². The zero-order valence-electron chi connectivity index (χ0n) is 6.41. The van der Waals surface area contributed by atoms with E-state index in [4.69, 9.17) is 9.47 Å². The molecular weight excluding hydrogens is 132 g/mol. The van der Waals surface area contributed by atoms with Crippen molar-refractivity contribution >= 4 is 0 Å². The van der Waals surface area contributed by atoms with E-state index >= 15 is 0 Å². The lowest BCUT2D eigenvalue weighted by atomic mass is 10.0. The number of aliphatic hydroxyl groups is 1. The molecule has 0 aromatic heterocycles. The van der Waals surface area contributed by atoms with Crippen molar-refractivity contribution < 1.29 is 14.6 Å². The van der Waals surface area contributed by atoms with Crippen molar-refractivity contribution in [2.24, 2.45) is 0 Å². The smallest absolute Gasteiger partial charge is 0.106 e. The molecule has 10 heavy (non-hydrogen) atoms. The summed E-state index contributed by atoms with van der Waals surface area (Å²) in [5.74, 6) is 0. The summed E-state index contributed by atoms with van der Waals surface area (Å²) in [7, 11) is 1.62. The van der Waals surface area contributed by atoms with Crippen LogP contribution in [-0.2, 0) is 9.47 Å². The number of hydrogen-bond acceptors (Lipinski definition) is 3. The van der Waals surface area contributed by atoms with E-state index in [0.717, 1.165) is 6.42 Å². The van der Waals surface area contributed by atoms with Gasteiger partial charge in [0, 0.05) is 13.7 Å². The Morgan fingerprint density at radius 2 is 2.30 bits per heavy atom. The molecule has 1 heterocycles. The Labute approximate surface area is 60.9 Å². The van der Waals surface area contributed by atoms with Crippen LogP contribution in [0.4, 0.5) is 0 Å². The SMILES string of the molecule is CO[C@H]1CCO[C@@H](C)[C@@H]1O.